The summed E-state index contributed by atoms with van der Waals surface area (Å²) >= 11 is 0. The van der Waals surface area contributed by atoms with Gasteiger partial charge in [0.1, 0.15) is 5.75 Å². The first-order chi connectivity index (χ1) is 7.33. The van der Waals surface area contributed by atoms with E-state index in [4.69, 9.17) is 4.74 Å². The number of ether oxygens (including phenoxy) is 1. The molecule has 0 saturated heterocycles. The van der Waals surface area contributed by atoms with Crippen molar-refractivity contribution < 1.29 is 9.84 Å². The molecule has 1 N–H and O–H groups in total. The second-order valence-corrected chi connectivity index (χ2v) is 5.50. The molecule has 0 saturated carbocycles. The Hall–Kier alpha value is -1.02. The fourth-order valence-electron chi connectivity index (χ4n) is 1.84. The number of aliphatic hydroxyl groups is 1. The van der Waals surface area contributed by atoms with Crippen molar-refractivity contribution in [1.29, 1.82) is 0 Å². The van der Waals surface area contributed by atoms with Crippen LogP contribution in [-0.4, -0.2) is 12.2 Å². The lowest BCUT2D eigenvalue weighted by atomic mass is 9.86. The molecule has 0 radical (unpaired) electrons. The zero-order valence-corrected chi connectivity index (χ0v) is 10.9. The molecule has 1 aromatic carbocycles. The Morgan fingerprint density at radius 3 is 2.38 bits per heavy atom. The second-order valence-electron chi connectivity index (χ2n) is 5.50. The maximum Gasteiger partial charge on any atom is 0.119 e. The molecule has 0 aliphatic heterocycles. The number of hydrogen-bond donors (Lipinski definition) is 1. The fraction of sp³-hybridized carbons (Fsp3) is 0.571. The van der Waals surface area contributed by atoms with Crippen LogP contribution in [-0.2, 0) is 0 Å². The Morgan fingerprint density at radius 2 is 1.94 bits per heavy atom. The van der Waals surface area contributed by atoms with Crippen LogP contribution in [0.25, 0.3) is 0 Å². The zero-order chi connectivity index (χ0) is 12.3. The van der Waals surface area contributed by atoms with Crippen LogP contribution in [0.4, 0.5) is 0 Å². The average Bonchev–Trinajstić information content (AvgIpc) is 2.14. The van der Waals surface area contributed by atoms with Gasteiger partial charge >= 0.3 is 0 Å². The molecule has 0 aliphatic carbocycles. The molecule has 2 heteroatoms. The van der Waals surface area contributed by atoms with Crippen molar-refractivity contribution in [2.75, 3.05) is 7.11 Å². The second kappa shape index (κ2) is 4.88. The lowest BCUT2D eigenvalue weighted by Gasteiger charge is -2.23. The van der Waals surface area contributed by atoms with E-state index >= 15 is 0 Å². The van der Waals surface area contributed by atoms with E-state index in [0.29, 0.717) is 0 Å². The van der Waals surface area contributed by atoms with Crippen LogP contribution in [0.3, 0.4) is 0 Å². The SMILES string of the molecule is COc1ccc(C(O)CC(C)(C)C)c(C)c1. The van der Waals surface area contributed by atoms with Gasteiger partial charge in [-0.05, 0) is 42.0 Å². The van der Waals surface area contributed by atoms with E-state index in [2.05, 4.69) is 20.8 Å². The Kier molecular flexibility index (Phi) is 3.98. The molecule has 90 valence electrons. The Bertz CT molecular complexity index is 350. The van der Waals surface area contributed by atoms with Gasteiger partial charge in [0.15, 0.2) is 0 Å². The summed E-state index contributed by atoms with van der Waals surface area (Å²) in [6, 6.07) is 5.81. The van der Waals surface area contributed by atoms with Crippen LogP contribution in [0.15, 0.2) is 18.2 Å². The van der Waals surface area contributed by atoms with E-state index in [-0.39, 0.29) is 5.41 Å². The third-order valence-electron chi connectivity index (χ3n) is 2.64. The van der Waals surface area contributed by atoms with Gasteiger partial charge in [0.2, 0.25) is 0 Å². The summed E-state index contributed by atoms with van der Waals surface area (Å²) in [4.78, 5) is 0. The van der Waals surface area contributed by atoms with Gasteiger partial charge in [-0.25, -0.2) is 0 Å². The molecule has 0 spiro atoms. The molecule has 0 aromatic heterocycles. The number of hydrogen-bond acceptors (Lipinski definition) is 2. The van der Waals surface area contributed by atoms with Gasteiger partial charge in [-0.15, -0.1) is 0 Å². The summed E-state index contributed by atoms with van der Waals surface area (Å²) in [5.41, 5.74) is 2.21. The zero-order valence-electron chi connectivity index (χ0n) is 10.9. The number of benzene rings is 1. The number of aryl methyl sites for hydroxylation is 1. The first-order valence-corrected chi connectivity index (χ1v) is 5.66. The van der Waals surface area contributed by atoms with Gasteiger partial charge < -0.3 is 9.84 Å². The van der Waals surface area contributed by atoms with Crippen molar-refractivity contribution in [1.82, 2.24) is 0 Å². The van der Waals surface area contributed by atoms with Crippen molar-refractivity contribution in [3.63, 3.8) is 0 Å². The highest BCUT2D eigenvalue weighted by atomic mass is 16.5. The molecule has 1 aromatic rings. The highest BCUT2D eigenvalue weighted by molar-refractivity contribution is 5.36. The molecular weight excluding hydrogens is 200 g/mol. The standard InChI is InChI=1S/C14H22O2/c1-10-8-11(16-5)6-7-12(10)13(15)9-14(2,3)4/h6-8,13,15H,9H2,1-5H3. The van der Waals surface area contributed by atoms with E-state index in [0.717, 1.165) is 23.3 Å². The molecule has 0 heterocycles. The number of aliphatic hydroxyl groups excluding tert-OH is 1. The highest BCUT2D eigenvalue weighted by Crippen LogP contribution is 2.31. The van der Waals surface area contributed by atoms with Gasteiger partial charge in [-0.2, -0.15) is 0 Å². The van der Waals surface area contributed by atoms with Crippen LogP contribution in [0.2, 0.25) is 0 Å². The molecule has 16 heavy (non-hydrogen) atoms. The minimum Gasteiger partial charge on any atom is -0.497 e. The molecule has 0 bridgehead atoms. The summed E-state index contributed by atoms with van der Waals surface area (Å²) in [5.74, 6) is 0.837. The van der Waals surface area contributed by atoms with Crippen molar-refractivity contribution in [2.45, 2.75) is 40.2 Å². The Labute approximate surface area is 98.3 Å². The van der Waals surface area contributed by atoms with E-state index in [1.54, 1.807) is 7.11 Å². The average molecular weight is 222 g/mol. The minimum absolute atomic E-state index is 0.131. The maximum absolute atomic E-state index is 10.2. The van der Waals surface area contributed by atoms with E-state index in [1.165, 1.54) is 0 Å². The van der Waals surface area contributed by atoms with Crippen molar-refractivity contribution in [3.8, 4) is 5.75 Å². The monoisotopic (exact) mass is 222 g/mol. The van der Waals surface area contributed by atoms with Gasteiger partial charge in [0.05, 0.1) is 13.2 Å². The molecule has 1 rings (SSSR count). The third kappa shape index (κ3) is 3.53. The Morgan fingerprint density at radius 1 is 1.31 bits per heavy atom. The van der Waals surface area contributed by atoms with Gasteiger partial charge in [-0.3, -0.25) is 0 Å². The molecule has 2 nitrogen and oxygen atoms in total. The molecule has 1 unspecified atom stereocenters. The molecule has 0 amide bonds. The Balaban J connectivity index is 2.88. The van der Waals surface area contributed by atoms with Gasteiger partial charge in [-0.1, -0.05) is 26.8 Å². The van der Waals surface area contributed by atoms with E-state index < -0.39 is 6.10 Å². The quantitative estimate of drug-likeness (QED) is 0.848. The lowest BCUT2D eigenvalue weighted by Crippen LogP contribution is -2.12. The summed E-state index contributed by atoms with van der Waals surface area (Å²) in [5, 5.41) is 10.2. The maximum atomic E-state index is 10.2. The van der Waals surface area contributed by atoms with Crippen LogP contribution < -0.4 is 4.74 Å². The topological polar surface area (TPSA) is 29.5 Å². The summed E-state index contributed by atoms with van der Waals surface area (Å²) in [7, 11) is 1.65. The number of rotatable bonds is 3. The predicted octanol–water partition coefficient (Wildman–Crippen LogP) is 3.47. The normalized spacial score (nSPS) is 13.6. The first-order valence-electron chi connectivity index (χ1n) is 5.66. The summed E-state index contributed by atoms with van der Waals surface area (Å²) < 4.78 is 5.15. The molecular formula is C14H22O2. The van der Waals surface area contributed by atoms with Crippen LogP contribution >= 0.6 is 0 Å². The van der Waals surface area contributed by atoms with Crippen molar-refractivity contribution >= 4 is 0 Å². The van der Waals surface area contributed by atoms with Crippen LogP contribution in [0.5, 0.6) is 5.75 Å². The molecule has 0 fully saturated rings. The van der Waals surface area contributed by atoms with E-state index in [1.807, 2.05) is 25.1 Å². The molecule has 0 aliphatic rings. The van der Waals surface area contributed by atoms with Gasteiger partial charge in [0.25, 0.3) is 0 Å². The summed E-state index contributed by atoms with van der Waals surface area (Å²) in [6.07, 6.45) is 0.367. The minimum atomic E-state index is -0.397. The third-order valence-corrected chi connectivity index (χ3v) is 2.64. The predicted molar refractivity (Wildman–Crippen MR) is 66.8 cm³/mol. The van der Waals surface area contributed by atoms with Crippen LogP contribution in [0, 0.1) is 12.3 Å². The first kappa shape index (κ1) is 13.0. The van der Waals surface area contributed by atoms with E-state index in [9.17, 15) is 5.11 Å². The molecule has 1 atom stereocenters. The number of methoxy groups -OCH3 is 1. The fourth-order valence-corrected chi connectivity index (χ4v) is 1.84. The van der Waals surface area contributed by atoms with Crippen molar-refractivity contribution in [2.24, 2.45) is 5.41 Å². The highest BCUT2D eigenvalue weighted by Gasteiger charge is 2.19. The smallest absolute Gasteiger partial charge is 0.119 e. The summed E-state index contributed by atoms with van der Waals surface area (Å²) in [6.45, 7) is 8.41. The van der Waals surface area contributed by atoms with Crippen molar-refractivity contribution in [3.05, 3.63) is 29.3 Å². The van der Waals surface area contributed by atoms with Gasteiger partial charge in [0, 0.05) is 0 Å². The lowest BCUT2D eigenvalue weighted by molar-refractivity contribution is 0.122. The van der Waals surface area contributed by atoms with Crippen LogP contribution in [0.1, 0.15) is 44.4 Å². The largest absolute Gasteiger partial charge is 0.497 e.